The van der Waals surface area contributed by atoms with Gasteiger partial charge in [0.1, 0.15) is 12.4 Å². The SMILES string of the molecule is C=C(C)/C(=C\N(C)C)COC(=O)C1=C(C)NC2=C(C1)C(=O)C[C@H](c1ccccc1OC)C2. The van der Waals surface area contributed by atoms with Gasteiger partial charge in [0.25, 0.3) is 0 Å². The molecule has 1 aliphatic carbocycles. The summed E-state index contributed by atoms with van der Waals surface area (Å²) in [7, 11) is 5.46. The second kappa shape index (κ2) is 9.90. The van der Waals surface area contributed by atoms with E-state index in [1.165, 1.54) is 0 Å². The van der Waals surface area contributed by atoms with E-state index in [0.717, 1.165) is 33.9 Å². The number of nitrogens with one attached hydrogen (secondary N) is 1. The molecule has 6 heteroatoms. The Kier molecular flexibility index (Phi) is 7.23. The zero-order valence-corrected chi connectivity index (χ0v) is 19.6. The highest BCUT2D eigenvalue weighted by Gasteiger charge is 2.34. The molecule has 0 fully saturated rings. The van der Waals surface area contributed by atoms with E-state index in [0.29, 0.717) is 30.4 Å². The van der Waals surface area contributed by atoms with Gasteiger partial charge in [0.05, 0.1) is 12.7 Å². The Bertz CT molecular complexity index is 1030. The van der Waals surface area contributed by atoms with Gasteiger partial charge in [-0.05, 0) is 31.9 Å². The smallest absolute Gasteiger partial charge is 0.336 e. The maximum atomic E-state index is 13.0. The van der Waals surface area contributed by atoms with Crippen molar-refractivity contribution in [1.82, 2.24) is 10.2 Å². The summed E-state index contributed by atoms with van der Waals surface area (Å²) in [6.45, 7) is 7.82. The Morgan fingerprint density at radius 1 is 1.28 bits per heavy atom. The molecule has 0 radical (unpaired) electrons. The Labute approximate surface area is 190 Å². The largest absolute Gasteiger partial charge is 0.496 e. The van der Waals surface area contributed by atoms with Crippen LogP contribution in [0, 0.1) is 0 Å². The van der Waals surface area contributed by atoms with Crippen molar-refractivity contribution in [3.63, 3.8) is 0 Å². The first kappa shape index (κ1) is 23.4. The van der Waals surface area contributed by atoms with Crippen LogP contribution in [-0.4, -0.2) is 44.5 Å². The van der Waals surface area contributed by atoms with Crippen molar-refractivity contribution in [2.24, 2.45) is 0 Å². The maximum absolute atomic E-state index is 13.0. The summed E-state index contributed by atoms with van der Waals surface area (Å²) in [5.74, 6) is 0.482. The van der Waals surface area contributed by atoms with Gasteiger partial charge in [-0.1, -0.05) is 30.4 Å². The molecule has 1 aliphatic heterocycles. The minimum atomic E-state index is -0.410. The normalized spacial score (nSPS) is 18.7. The molecule has 0 amide bonds. The molecule has 2 aliphatic rings. The van der Waals surface area contributed by atoms with E-state index in [1.54, 1.807) is 7.11 Å². The van der Waals surface area contributed by atoms with E-state index in [4.69, 9.17) is 9.47 Å². The molecular formula is C26H32N2O4. The number of ketones is 1. The van der Waals surface area contributed by atoms with E-state index in [1.807, 2.05) is 63.3 Å². The van der Waals surface area contributed by atoms with Crippen LogP contribution in [0.1, 0.15) is 44.6 Å². The highest BCUT2D eigenvalue weighted by atomic mass is 16.5. The van der Waals surface area contributed by atoms with Gasteiger partial charge < -0.3 is 19.7 Å². The van der Waals surface area contributed by atoms with Crippen molar-refractivity contribution >= 4 is 11.8 Å². The molecule has 1 aromatic carbocycles. The highest BCUT2D eigenvalue weighted by molar-refractivity contribution is 6.01. The second-order valence-electron chi connectivity index (χ2n) is 8.61. The Morgan fingerprint density at radius 2 is 2.00 bits per heavy atom. The first-order valence-corrected chi connectivity index (χ1v) is 10.8. The van der Waals surface area contributed by atoms with Crippen molar-refractivity contribution in [3.05, 3.63) is 76.3 Å². The predicted molar refractivity (Wildman–Crippen MR) is 125 cm³/mol. The predicted octanol–water partition coefficient (Wildman–Crippen LogP) is 4.23. The van der Waals surface area contributed by atoms with E-state index in [-0.39, 0.29) is 18.3 Å². The van der Waals surface area contributed by atoms with Crippen LogP contribution in [0.3, 0.4) is 0 Å². The number of hydrogen-bond acceptors (Lipinski definition) is 6. The van der Waals surface area contributed by atoms with Crippen molar-refractivity contribution in [1.29, 1.82) is 0 Å². The third kappa shape index (κ3) is 5.13. The molecule has 1 heterocycles. The molecular weight excluding hydrogens is 404 g/mol. The van der Waals surface area contributed by atoms with Gasteiger partial charge >= 0.3 is 5.97 Å². The van der Waals surface area contributed by atoms with Crippen LogP contribution in [0.15, 0.2) is 70.7 Å². The fraction of sp³-hybridized carbons (Fsp3) is 0.385. The minimum absolute atomic E-state index is 0.0421. The monoisotopic (exact) mass is 436 g/mol. The van der Waals surface area contributed by atoms with Crippen molar-refractivity contribution in [2.45, 2.75) is 39.0 Å². The van der Waals surface area contributed by atoms with Crippen LogP contribution >= 0.6 is 0 Å². The molecule has 0 saturated carbocycles. The maximum Gasteiger partial charge on any atom is 0.336 e. The lowest BCUT2D eigenvalue weighted by Crippen LogP contribution is -2.31. The molecule has 32 heavy (non-hydrogen) atoms. The number of carbonyl (C=O) groups is 2. The second-order valence-corrected chi connectivity index (χ2v) is 8.61. The van der Waals surface area contributed by atoms with Gasteiger partial charge in [0.2, 0.25) is 0 Å². The molecule has 0 aromatic heterocycles. The van der Waals surface area contributed by atoms with E-state index in [9.17, 15) is 9.59 Å². The molecule has 1 N–H and O–H groups in total. The zero-order chi connectivity index (χ0) is 23.4. The summed E-state index contributed by atoms with van der Waals surface area (Å²) in [4.78, 5) is 27.7. The third-order valence-electron chi connectivity index (χ3n) is 5.87. The number of benzene rings is 1. The summed E-state index contributed by atoms with van der Waals surface area (Å²) in [6, 6.07) is 7.82. The van der Waals surface area contributed by atoms with Gasteiger partial charge in [-0.3, -0.25) is 4.79 Å². The van der Waals surface area contributed by atoms with Gasteiger partial charge in [-0.25, -0.2) is 4.79 Å². The standard InChI is InChI=1S/C26H32N2O4/c1-16(2)19(14-28(4)5)15-32-26(30)21-13-22-23(27-17(21)3)11-18(12-24(22)29)20-9-7-8-10-25(20)31-6/h7-10,14,18,27H,1,11-13,15H2,2-6H3/b19-14-/t18-/m1/s1. The van der Waals surface area contributed by atoms with E-state index < -0.39 is 5.97 Å². The molecule has 0 bridgehead atoms. The number of esters is 1. The van der Waals surface area contributed by atoms with E-state index in [2.05, 4.69) is 11.9 Å². The van der Waals surface area contributed by atoms with Crippen LogP contribution in [0.25, 0.3) is 0 Å². The van der Waals surface area contributed by atoms with E-state index >= 15 is 0 Å². The van der Waals surface area contributed by atoms with Crippen molar-refractivity contribution in [2.75, 3.05) is 27.8 Å². The Morgan fingerprint density at radius 3 is 2.66 bits per heavy atom. The fourth-order valence-electron chi connectivity index (χ4n) is 4.16. The first-order chi connectivity index (χ1) is 15.2. The number of para-hydroxylation sites is 1. The summed E-state index contributed by atoms with van der Waals surface area (Å²) < 4.78 is 11.1. The first-order valence-electron chi connectivity index (χ1n) is 10.8. The Balaban J connectivity index is 1.74. The van der Waals surface area contributed by atoms with Crippen molar-refractivity contribution in [3.8, 4) is 5.75 Å². The van der Waals surface area contributed by atoms with Gasteiger partial charge in [0.15, 0.2) is 5.78 Å². The van der Waals surface area contributed by atoms with Crippen LogP contribution < -0.4 is 10.1 Å². The van der Waals surface area contributed by atoms with Gasteiger partial charge in [-0.15, -0.1) is 0 Å². The van der Waals surface area contributed by atoms with Crippen LogP contribution in [0.5, 0.6) is 5.75 Å². The number of dihydropyridines is 1. The highest BCUT2D eigenvalue weighted by Crippen LogP contribution is 2.41. The zero-order valence-electron chi connectivity index (χ0n) is 19.6. The molecule has 0 unspecified atom stereocenters. The Hall–Kier alpha value is -3.28. The topological polar surface area (TPSA) is 67.9 Å². The average molecular weight is 437 g/mol. The van der Waals surface area contributed by atoms with Gasteiger partial charge in [-0.2, -0.15) is 0 Å². The molecule has 1 atom stereocenters. The summed E-state index contributed by atoms with van der Waals surface area (Å²) in [5.41, 5.74) is 5.52. The lowest BCUT2D eigenvalue weighted by molar-refractivity contribution is -0.138. The molecule has 0 saturated heterocycles. The summed E-state index contributed by atoms with van der Waals surface area (Å²) >= 11 is 0. The lowest BCUT2D eigenvalue weighted by atomic mass is 9.78. The number of allylic oxidation sites excluding steroid dienone is 3. The molecule has 1 aromatic rings. The molecule has 0 spiro atoms. The molecule has 3 rings (SSSR count). The summed E-state index contributed by atoms with van der Waals surface area (Å²) in [5, 5.41) is 3.32. The number of ether oxygens (including phenoxy) is 2. The average Bonchev–Trinajstić information content (AvgIpc) is 2.75. The number of Topliss-reactive ketones (excluding diaryl/α,β-unsaturated/α-hetero) is 1. The fourth-order valence-corrected chi connectivity index (χ4v) is 4.16. The third-order valence-corrected chi connectivity index (χ3v) is 5.87. The quantitative estimate of drug-likeness (QED) is 0.510. The minimum Gasteiger partial charge on any atom is -0.496 e. The van der Waals surface area contributed by atoms with Crippen LogP contribution in [0.4, 0.5) is 0 Å². The number of carbonyl (C=O) groups excluding carboxylic acids is 2. The van der Waals surface area contributed by atoms with Crippen LogP contribution in [0.2, 0.25) is 0 Å². The number of methoxy groups -OCH3 is 1. The van der Waals surface area contributed by atoms with Gasteiger partial charge in [0, 0.05) is 61.6 Å². The number of hydrogen-bond donors (Lipinski definition) is 1. The number of rotatable bonds is 7. The van der Waals surface area contributed by atoms with Crippen LogP contribution in [-0.2, 0) is 14.3 Å². The van der Waals surface area contributed by atoms with Crippen molar-refractivity contribution < 1.29 is 19.1 Å². The molecule has 6 nitrogen and oxygen atoms in total. The lowest BCUT2D eigenvalue weighted by Gasteiger charge is -2.32. The summed E-state index contributed by atoms with van der Waals surface area (Å²) in [6.07, 6.45) is 3.28. The molecule has 170 valence electrons. The number of nitrogens with zero attached hydrogens (tertiary/aromatic N) is 1.